The monoisotopic (exact) mass is 340 g/mol. The van der Waals surface area contributed by atoms with Crippen LogP contribution in [0.1, 0.15) is 12.5 Å². The lowest BCUT2D eigenvalue weighted by Gasteiger charge is -2.23. The molecule has 2 N–H and O–H groups in total. The highest BCUT2D eigenvalue weighted by atomic mass is 16.5. The number of carbonyl (C=O) groups excluding carboxylic acids is 2. The SMILES string of the molecule is CC1(c2ccccc2)NC(=O)N(CC(O)COc2ccccc2)C1=O. The molecule has 2 unspecified atom stereocenters. The molecule has 0 saturated carbocycles. The first-order valence-corrected chi connectivity index (χ1v) is 8.06. The molecule has 0 aromatic heterocycles. The molecule has 2 aromatic carbocycles. The Balaban J connectivity index is 1.64. The van der Waals surface area contributed by atoms with E-state index < -0.39 is 17.7 Å². The molecule has 25 heavy (non-hydrogen) atoms. The van der Waals surface area contributed by atoms with Crippen LogP contribution >= 0.6 is 0 Å². The van der Waals surface area contributed by atoms with Crippen LogP contribution in [0.25, 0.3) is 0 Å². The maximum atomic E-state index is 12.7. The number of benzene rings is 2. The Morgan fingerprint density at radius 3 is 2.32 bits per heavy atom. The number of hydrogen-bond acceptors (Lipinski definition) is 4. The standard InChI is InChI=1S/C19H20N2O4/c1-19(14-8-4-2-5-9-14)17(23)21(18(24)20-19)12-15(22)13-25-16-10-6-3-7-11-16/h2-11,15,22H,12-13H2,1H3,(H,20,24). The summed E-state index contributed by atoms with van der Waals surface area (Å²) in [6, 6.07) is 17.6. The van der Waals surface area contributed by atoms with E-state index in [-0.39, 0.29) is 19.1 Å². The van der Waals surface area contributed by atoms with E-state index in [1.165, 1.54) is 0 Å². The molecular formula is C19H20N2O4. The number of nitrogens with zero attached hydrogens (tertiary/aromatic N) is 1. The Morgan fingerprint density at radius 2 is 1.68 bits per heavy atom. The number of nitrogens with one attached hydrogen (secondary N) is 1. The van der Waals surface area contributed by atoms with Crippen LogP contribution in [0, 0.1) is 0 Å². The average Bonchev–Trinajstić information content (AvgIpc) is 2.86. The van der Waals surface area contributed by atoms with Gasteiger partial charge in [0.2, 0.25) is 0 Å². The van der Waals surface area contributed by atoms with Crippen LogP contribution in [0.4, 0.5) is 4.79 Å². The highest BCUT2D eigenvalue weighted by Crippen LogP contribution is 2.28. The van der Waals surface area contributed by atoms with Gasteiger partial charge in [-0.05, 0) is 24.6 Å². The van der Waals surface area contributed by atoms with Crippen LogP contribution in [0.2, 0.25) is 0 Å². The first-order chi connectivity index (χ1) is 12.0. The lowest BCUT2D eigenvalue weighted by Crippen LogP contribution is -2.42. The summed E-state index contributed by atoms with van der Waals surface area (Å²) in [6.45, 7) is 1.53. The van der Waals surface area contributed by atoms with Crippen molar-refractivity contribution in [3.63, 3.8) is 0 Å². The molecule has 6 heteroatoms. The number of imide groups is 1. The number of aliphatic hydroxyl groups excluding tert-OH is 1. The number of rotatable bonds is 6. The highest BCUT2D eigenvalue weighted by molar-refractivity contribution is 6.07. The number of aliphatic hydroxyl groups is 1. The number of urea groups is 1. The molecule has 0 radical (unpaired) electrons. The zero-order valence-corrected chi connectivity index (χ0v) is 13.9. The van der Waals surface area contributed by atoms with Gasteiger partial charge in [0.25, 0.3) is 5.91 Å². The third kappa shape index (κ3) is 3.49. The molecule has 2 atom stereocenters. The number of β-amino-alcohol motifs (C(OH)–C–C–N with tert-alkyl or cyclic N) is 1. The minimum atomic E-state index is -1.13. The first-order valence-electron chi connectivity index (χ1n) is 8.06. The molecule has 0 bridgehead atoms. The number of ether oxygens (including phenoxy) is 1. The predicted molar refractivity (Wildman–Crippen MR) is 92.0 cm³/mol. The zero-order valence-electron chi connectivity index (χ0n) is 13.9. The fourth-order valence-electron chi connectivity index (χ4n) is 2.80. The van der Waals surface area contributed by atoms with Crippen molar-refractivity contribution in [2.24, 2.45) is 0 Å². The normalized spacial score (nSPS) is 21.1. The second-order valence-electron chi connectivity index (χ2n) is 6.11. The van der Waals surface area contributed by atoms with E-state index in [9.17, 15) is 14.7 Å². The molecule has 1 fully saturated rings. The second kappa shape index (κ2) is 6.94. The topological polar surface area (TPSA) is 78.9 Å². The third-order valence-electron chi connectivity index (χ3n) is 4.21. The number of carbonyl (C=O) groups is 2. The van der Waals surface area contributed by atoms with Gasteiger partial charge in [-0.2, -0.15) is 0 Å². The zero-order chi connectivity index (χ0) is 17.9. The highest BCUT2D eigenvalue weighted by Gasteiger charge is 2.49. The molecule has 1 saturated heterocycles. The first kappa shape index (κ1) is 17.0. The largest absolute Gasteiger partial charge is 0.491 e. The molecule has 3 amide bonds. The quantitative estimate of drug-likeness (QED) is 0.787. The van der Waals surface area contributed by atoms with Crippen molar-refractivity contribution < 1.29 is 19.4 Å². The van der Waals surface area contributed by atoms with Gasteiger partial charge in [0.1, 0.15) is 24.0 Å². The van der Waals surface area contributed by atoms with Gasteiger partial charge in [0, 0.05) is 0 Å². The van der Waals surface area contributed by atoms with Gasteiger partial charge in [0.05, 0.1) is 6.54 Å². The van der Waals surface area contributed by atoms with E-state index in [0.717, 1.165) is 4.90 Å². The molecule has 1 aliphatic heterocycles. The van der Waals surface area contributed by atoms with Crippen LogP contribution in [-0.4, -0.2) is 41.2 Å². The molecule has 2 aromatic rings. The molecule has 130 valence electrons. The molecule has 3 rings (SSSR count). The van der Waals surface area contributed by atoms with Crippen molar-refractivity contribution in [2.75, 3.05) is 13.2 Å². The van der Waals surface area contributed by atoms with Gasteiger partial charge in [-0.1, -0.05) is 48.5 Å². The summed E-state index contributed by atoms with van der Waals surface area (Å²) in [5.41, 5.74) is -0.427. The van der Waals surface area contributed by atoms with Crippen molar-refractivity contribution in [3.05, 3.63) is 66.2 Å². The molecule has 6 nitrogen and oxygen atoms in total. The van der Waals surface area contributed by atoms with Crippen LogP contribution < -0.4 is 10.1 Å². The van der Waals surface area contributed by atoms with Gasteiger partial charge < -0.3 is 15.2 Å². The lowest BCUT2D eigenvalue weighted by molar-refractivity contribution is -0.132. The fraction of sp³-hybridized carbons (Fsp3) is 0.263. The van der Waals surface area contributed by atoms with Gasteiger partial charge in [-0.15, -0.1) is 0 Å². The number of para-hydroxylation sites is 1. The number of hydrogen-bond donors (Lipinski definition) is 2. The Labute approximate surface area is 146 Å². The fourth-order valence-corrected chi connectivity index (χ4v) is 2.80. The second-order valence-corrected chi connectivity index (χ2v) is 6.11. The van der Waals surface area contributed by atoms with Crippen LogP contribution in [-0.2, 0) is 10.3 Å². The Morgan fingerprint density at radius 1 is 1.08 bits per heavy atom. The summed E-state index contributed by atoms with van der Waals surface area (Å²) in [7, 11) is 0. The molecule has 1 heterocycles. The summed E-state index contributed by atoms with van der Waals surface area (Å²) in [4.78, 5) is 26.0. The Kier molecular flexibility index (Phi) is 4.72. The molecule has 1 aliphatic rings. The van der Waals surface area contributed by atoms with E-state index in [0.29, 0.717) is 11.3 Å². The van der Waals surface area contributed by atoms with E-state index in [1.807, 2.05) is 36.4 Å². The summed E-state index contributed by atoms with van der Waals surface area (Å²) < 4.78 is 5.47. The maximum absolute atomic E-state index is 12.7. The van der Waals surface area contributed by atoms with E-state index in [2.05, 4.69) is 5.32 Å². The van der Waals surface area contributed by atoms with Gasteiger partial charge >= 0.3 is 6.03 Å². The maximum Gasteiger partial charge on any atom is 0.325 e. The van der Waals surface area contributed by atoms with Crippen LogP contribution in [0.15, 0.2) is 60.7 Å². The van der Waals surface area contributed by atoms with Gasteiger partial charge in [-0.3, -0.25) is 9.69 Å². The van der Waals surface area contributed by atoms with Gasteiger partial charge in [-0.25, -0.2) is 4.79 Å². The van der Waals surface area contributed by atoms with Crippen LogP contribution in [0.3, 0.4) is 0 Å². The summed E-state index contributed by atoms with van der Waals surface area (Å²) in [6.07, 6.45) is -0.979. The van der Waals surface area contributed by atoms with Crippen molar-refractivity contribution >= 4 is 11.9 Å². The summed E-state index contributed by atoms with van der Waals surface area (Å²) in [5.74, 6) is 0.232. The van der Waals surface area contributed by atoms with E-state index in [1.54, 1.807) is 31.2 Å². The van der Waals surface area contributed by atoms with Crippen molar-refractivity contribution in [2.45, 2.75) is 18.6 Å². The van der Waals surface area contributed by atoms with Gasteiger partial charge in [0.15, 0.2) is 0 Å². The molecule has 0 spiro atoms. The lowest BCUT2D eigenvalue weighted by atomic mass is 9.92. The predicted octanol–water partition coefficient (Wildman–Crippen LogP) is 1.89. The average molecular weight is 340 g/mol. The van der Waals surface area contributed by atoms with Crippen molar-refractivity contribution in [3.8, 4) is 5.75 Å². The third-order valence-corrected chi connectivity index (χ3v) is 4.21. The number of amides is 3. The van der Waals surface area contributed by atoms with Crippen molar-refractivity contribution in [1.29, 1.82) is 0 Å². The van der Waals surface area contributed by atoms with E-state index in [4.69, 9.17) is 4.74 Å². The minimum Gasteiger partial charge on any atom is -0.491 e. The smallest absolute Gasteiger partial charge is 0.325 e. The molecule has 0 aliphatic carbocycles. The summed E-state index contributed by atoms with van der Waals surface area (Å²) in [5, 5.41) is 12.9. The Hall–Kier alpha value is -2.86. The Bertz CT molecular complexity index is 751. The molecular weight excluding hydrogens is 320 g/mol. The summed E-state index contributed by atoms with van der Waals surface area (Å²) >= 11 is 0. The van der Waals surface area contributed by atoms with Crippen LogP contribution in [0.5, 0.6) is 5.75 Å². The van der Waals surface area contributed by atoms with E-state index >= 15 is 0 Å². The minimum absolute atomic E-state index is 0.0108. The van der Waals surface area contributed by atoms with Crippen molar-refractivity contribution in [1.82, 2.24) is 10.2 Å².